The SMILES string of the molecule is Cc1cc(Oc2cc(Br)nc(C(C)(C)C)n2)ccc1Br. The molecule has 0 atom stereocenters. The monoisotopic (exact) mass is 398 g/mol. The van der Waals surface area contributed by atoms with Crippen LogP contribution in [-0.4, -0.2) is 9.97 Å². The Kier molecular flexibility index (Phi) is 4.49. The molecule has 0 saturated carbocycles. The van der Waals surface area contributed by atoms with E-state index in [1.54, 1.807) is 6.07 Å². The van der Waals surface area contributed by atoms with E-state index in [2.05, 4.69) is 62.6 Å². The van der Waals surface area contributed by atoms with Crippen molar-refractivity contribution in [3.63, 3.8) is 0 Å². The van der Waals surface area contributed by atoms with Crippen LogP contribution in [0.2, 0.25) is 0 Å². The highest BCUT2D eigenvalue weighted by Gasteiger charge is 2.19. The molecular formula is C15H16Br2N2O. The maximum atomic E-state index is 5.83. The number of aromatic nitrogens is 2. The maximum Gasteiger partial charge on any atom is 0.223 e. The highest BCUT2D eigenvalue weighted by atomic mass is 79.9. The minimum absolute atomic E-state index is 0.127. The molecule has 2 rings (SSSR count). The molecule has 20 heavy (non-hydrogen) atoms. The van der Waals surface area contributed by atoms with Crippen molar-refractivity contribution in [1.82, 2.24) is 9.97 Å². The fraction of sp³-hybridized carbons (Fsp3) is 0.333. The largest absolute Gasteiger partial charge is 0.439 e. The van der Waals surface area contributed by atoms with Crippen LogP contribution in [0.4, 0.5) is 0 Å². The van der Waals surface area contributed by atoms with Crippen molar-refractivity contribution >= 4 is 31.9 Å². The van der Waals surface area contributed by atoms with Gasteiger partial charge in [0.15, 0.2) is 0 Å². The van der Waals surface area contributed by atoms with Gasteiger partial charge < -0.3 is 4.74 Å². The predicted molar refractivity (Wildman–Crippen MR) is 87.4 cm³/mol. The molecule has 0 spiro atoms. The van der Waals surface area contributed by atoms with Crippen LogP contribution in [0.3, 0.4) is 0 Å². The van der Waals surface area contributed by atoms with Crippen molar-refractivity contribution < 1.29 is 4.74 Å². The van der Waals surface area contributed by atoms with Gasteiger partial charge in [-0.15, -0.1) is 0 Å². The molecule has 2 aromatic rings. The van der Waals surface area contributed by atoms with Crippen LogP contribution in [0.5, 0.6) is 11.6 Å². The van der Waals surface area contributed by atoms with Gasteiger partial charge in [0.1, 0.15) is 16.2 Å². The molecule has 0 aliphatic carbocycles. The molecule has 3 nitrogen and oxygen atoms in total. The first kappa shape index (κ1) is 15.4. The van der Waals surface area contributed by atoms with Crippen LogP contribution in [0.15, 0.2) is 33.3 Å². The number of aryl methyl sites for hydroxylation is 1. The van der Waals surface area contributed by atoms with Gasteiger partial charge >= 0.3 is 0 Å². The van der Waals surface area contributed by atoms with Gasteiger partial charge in [-0.25, -0.2) is 4.98 Å². The fourth-order valence-corrected chi connectivity index (χ4v) is 2.20. The number of rotatable bonds is 2. The molecule has 1 heterocycles. The minimum atomic E-state index is -0.127. The van der Waals surface area contributed by atoms with Gasteiger partial charge in [-0.1, -0.05) is 36.7 Å². The van der Waals surface area contributed by atoms with E-state index in [-0.39, 0.29) is 5.41 Å². The predicted octanol–water partition coefficient (Wildman–Crippen LogP) is 5.40. The van der Waals surface area contributed by atoms with Crippen LogP contribution in [0, 0.1) is 6.92 Å². The smallest absolute Gasteiger partial charge is 0.223 e. The zero-order valence-electron chi connectivity index (χ0n) is 11.9. The van der Waals surface area contributed by atoms with Gasteiger partial charge in [0.2, 0.25) is 5.88 Å². The summed E-state index contributed by atoms with van der Waals surface area (Å²) in [6, 6.07) is 7.61. The van der Waals surface area contributed by atoms with Gasteiger partial charge in [-0.3, -0.25) is 0 Å². The Morgan fingerprint density at radius 3 is 2.35 bits per heavy atom. The average Bonchev–Trinajstić information content (AvgIpc) is 2.32. The number of ether oxygens (including phenoxy) is 1. The second-order valence-corrected chi connectivity index (χ2v) is 7.28. The van der Waals surface area contributed by atoms with Crippen molar-refractivity contribution in [2.24, 2.45) is 0 Å². The van der Waals surface area contributed by atoms with E-state index in [1.165, 1.54) is 0 Å². The van der Waals surface area contributed by atoms with Crippen molar-refractivity contribution in [2.75, 3.05) is 0 Å². The van der Waals surface area contributed by atoms with E-state index in [0.29, 0.717) is 5.88 Å². The second-order valence-electron chi connectivity index (χ2n) is 5.62. The van der Waals surface area contributed by atoms with E-state index in [1.807, 2.05) is 25.1 Å². The molecule has 0 aliphatic heterocycles. The first-order valence-corrected chi connectivity index (χ1v) is 7.83. The summed E-state index contributed by atoms with van der Waals surface area (Å²) in [7, 11) is 0. The molecule has 0 aliphatic rings. The average molecular weight is 400 g/mol. The van der Waals surface area contributed by atoms with E-state index >= 15 is 0 Å². The molecule has 106 valence electrons. The molecule has 0 unspecified atom stereocenters. The lowest BCUT2D eigenvalue weighted by Crippen LogP contribution is -2.16. The van der Waals surface area contributed by atoms with E-state index < -0.39 is 0 Å². The summed E-state index contributed by atoms with van der Waals surface area (Å²) in [5, 5.41) is 0. The topological polar surface area (TPSA) is 35.0 Å². The van der Waals surface area contributed by atoms with Gasteiger partial charge in [-0.2, -0.15) is 4.98 Å². The Bertz CT molecular complexity index is 636. The minimum Gasteiger partial charge on any atom is -0.439 e. The molecule has 0 bridgehead atoms. The molecule has 1 aromatic carbocycles. The quantitative estimate of drug-likeness (QED) is 0.634. The standard InChI is InChI=1S/C15H16Br2N2O/c1-9-7-10(5-6-11(9)16)20-13-8-12(17)18-14(19-13)15(2,3)4/h5-8H,1-4H3. The summed E-state index contributed by atoms with van der Waals surface area (Å²) in [5.41, 5.74) is 0.990. The summed E-state index contributed by atoms with van der Waals surface area (Å²) in [6.07, 6.45) is 0. The second kappa shape index (κ2) is 5.82. The number of benzene rings is 1. The molecule has 0 saturated heterocycles. The zero-order chi connectivity index (χ0) is 14.9. The maximum absolute atomic E-state index is 5.83. The highest BCUT2D eigenvalue weighted by Crippen LogP contribution is 2.28. The summed E-state index contributed by atoms with van der Waals surface area (Å²) in [4.78, 5) is 8.87. The first-order valence-electron chi connectivity index (χ1n) is 6.25. The number of hydrogen-bond acceptors (Lipinski definition) is 3. The molecule has 5 heteroatoms. The van der Waals surface area contributed by atoms with E-state index in [4.69, 9.17) is 4.74 Å². The number of nitrogens with zero attached hydrogens (tertiary/aromatic N) is 2. The van der Waals surface area contributed by atoms with Crippen LogP contribution < -0.4 is 4.74 Å². The van der Waals surface area contributed by atoms with Gasteiger partial charge in [0.05, 0.1) is 0 Å². The van der Waals surface area contributed by atoms with Gasteiger partial charge in [0, 0.05) is 16.0 Å². The lowest BCUT2D eigenvalue weighted by atomic mass is 9.96. The van der Waals surface area contributed by atoms with Crippen LogP contribution in [-0.2, 0) is 5.41 Å². The third-order valence-electron chi connectivity index (χ3n) is 2.69. The lowest BCUT2D eigenvalue weighted by molar-refractivity contribution is 0.444. The van der Waals surface area contributed by atoms with E-state index in [0.717, 1.165) is 26.2 Å². The summed E-state index contributed by atoms with van der Waals surface area (Å²) in [5.74, 6) is 2.05. The van der Waals surface area contributed by atoms with Gasteiger partial charge in [0.25, 0.3) is 0 Å². The summed E-state index contributed by atoms with van der Waals surface area (Å²) >= 11 is 6.88. The Morgan fingerprint density at radius 2 is 1.75 bits per heavy atom. The van der Waals surface area contributed by atoms with Crippen molar-refractivity contribution in [3.05, 3.63) is 44.7 Å². The summed E-state index contributed by atoms with van der Waals surface area (Å²) in [6.45, 7) is 8.24. The Labute approximate surface area is 136 Å². The lowest BCUT2D eigenvalue weighted by Gasteiger charge is -2.17. The Hall–Kier alpha value is -0.940. The molecule has 0 fully saturated rings. The molecule has 0 N–H and O–H groups in total. The van der Waals surface area contributed by atoms with Crippen molar-refractivity contribution in [2.45, 2.75) is 33.1 Å². The summed E-state index contributed by atoms with van der Waals surface area (Å²) < 4.78 is 7.61. The van der Waals surface area contributed by atoms with Gasteiger partial charge in [-0.05, 0) is 46.6 Å². The van der Waals surface area contributed by atoms with Crippen LogP contribution in [0.1, 0.15) is 32.2 Å². The first-order chi connectivity index (χ1) is 9.25. The van der Waals surface area contributed by atoms with Crippen LogP contribution in [0.25, 0.3) is 0 Å². The molecular weight excluding hydrogens is 384 g/mol. The van der Waals surface area contributed by atoms with Crippen molar-refractivity contribution in [1.29, 1.82) is 0 Å². The van der Waals surface area contributed by atoms with Crippen LogP contribution >= 0.6 is 31.9 Å². The number of hydrogen-bond donors (Lipinski definition) is 0. The van der Waals surface area contributed by atoms with Crippen molar-refractivity contribution in [3.8, 4) is 11.6 Å². The third kappa shape index (κ3) is 3.79. The third-order valence-corrected chi connectivity index (χ3v) is 3.99. The van der Waals surface area contributed by atoms with E-state index in [9.17, 15) is 0 Å². The number of halogens is 2. The Balaban J connectivity index is 2.33. The normalized spacial score (nSPS) is 11.5. The molecule has 0 amide bonds. The zero-order valence-corrected chi connectivity index (χ0v) is 15.0. The fourth-order valence-electron chi connectivity index (χ4n) is 1.59. The molecule has 1 aromatic heterocycles. The highest BCUT2D eigenvalue weighted by molar-refractivity contribution is 9.10. The molecule has 0 radical (unpaired) electrons. The Morgan fingerprint density at radius 1 is 1.05 bits per heavy atom.